The average molecular weight is 243 g/mol. The summed E-state index contributed by atoms with van der Waals surface area (Å²) in [7, 11) is 0. The molecule has 4 heteroatoms. The summed E-state index contributed by atoms with van der Waals surface area (Å²) in [5.74, 6) is 0.0246. The molecule has 2 rings (SSSR count). The molecular weight excluding hydrogens is 226 g/mol. The van der Waals surface area contributed by atoms with E-state index in [4.69, 9.17) is 0 Å². The summed E-state index contributed by atoms with van der Waals surface area (Å²) in [6, 6.07) is 11.7. The topological polar surface area (TPSA) is 56.9 Å². The van der Waals surface area contributed by atoms with Crippen LogP contribution in [0.5, 0.6) is 0 Å². The van der Waals surface area contributed by atoms with Crippen molar-refractivity contribution in [3.63, 3.8) is 0 Å². The summed E-state index contributed by atoms with van der Waals surface area (Å²) in [5, 5.41) is 6.13. The number of amides is 1. The van der Waals surface area contributed by atoms with Crippen LogP contribution in [0.3, 0.4) is 0 Å². The van der Waals surface area contributed by atoms with Crippen LogP contribution in [-0.4, -0.2) is 10.9 Å². The Bertz CT molecular complexity index is 506. The first-order valence-corrected chi connectivity index (χ1v) is 6.04. The van der Waals surface area contributed by atoms with E-state index in [-0.39, 0.29) is 5.91 Å². The fourth-order valence-electron chi connectivity index (χ4n) is 1.63. The van der Waals surface area contributed by atoms with Crippen LogP contribution < -0.4 is 10.6 Å². The van der Waals surface area contributed by atoms with Gasteiger partial charge in [0.2, 0.25) is 5.91 Å². The van der Waals surface area contributed by atoms with Gasteiger partial charge in [-0.25, -0.2) is 0 Å². The van der Waals surface area contributed by atoms with Crippen LogP contribution in [0.15, 0.2) is 42.6 Å². The number of carbonyl (C=O) groups is 1. The third-order valence-corrected chi connectivity index (χ3v) is 2.61. The largest absolute Gasteiger partial charge is 0.379 e. The van der Waals surface area contributed by atoms with E-state index in [0.717, 1.165) is 23.6 Å². The predicted octanol–water partition coefficient (Wildman–Crippen LogP) is 2.98. The van der Waals surface area contributed by atoms with Gasteiger partial charge in [-0.15, -0.1) is 0 Å². The lowest BCUT2D eigenvalue weighted by molar-refractivity contribution is -0.115. The Labute approximate surface area is 106 Å². The molecule has 3 N–H and O–H groups in total. The summed E-state index contributed by atoms with van der Waals surface area (Å²) in [5.41, 5.74) is 2.93. The molecule has 0 aliphatic heterocycles. The Morgan fingerprint density at radius 2 is 2.06 bits per heavy atom. The monoisotopic (exact) mass is 243 g/mol. The fraction of sp³-hybridized carbons (Fsp3) is 0.214. The van der Waals surface area contributed by atoms with Crippen molar-refractivity contribution >= 4 is 17.3 Å². The number of hydrogen-bond donors (Lipinski definition) is 3. The van der Waals surface area contributed by atoms with Crippen molar-refractivity contribution in [2.75, 3.05) is 10.6 Å². The molecule has 4 nitrogen and oxygen atoms in total. The van der Waals surface area contributed by atoms with Crippen LogP contribution in [0.2, 0.25) is 0 Å². The predicted molar refractivity (Wildman–Crippen MR) is 73.5 cm³/mol. The van der Waals surface area contributed by atoms with Crippen molar-refractivity contribution in [1.29, 1.82) is 0 Å². The lowest BCUT2D eigenvalue weighted by Gasteiger charge is -2.08. The highest BCUT2D eigenvalue weighted by atomic mass is 16.1. The van der Waals surface area contributed by atoms with Crippen molar-refractivity contribution in [2.45, 2.75) is 19.9 Å². The number of rotatable bonds is 5. The zero-order valence-electron chi connectivity index (χ0n) is 10.4. The SMILES string of the molecule is CCC(=O)Nc1cccc(NCc2ccc[nH]2)c1. The normalized spacial score (nSPS) is 10.1. The molecule has 0 unspecified atom stereocenters. The van der Waals surface area contributed by atoms with E-state index in [1.165, 1.54) is 0 Å². The van der Waals surface area contributed by atoms with Gasteiger partial charge in [0, 0.05) is 29.7 Å². The molecule has 2 aromatic rings. The number of aromatic nitrogens is 1. The van der Waals surface area contributed by atoms with Gasteiger partial charge < -0.3 is 15.6 Å². The van der Waals surface area contributed by atoms with Crippen LogP contribution in [0.4, 0.5) is 11.4 Å². The number of benzene rings is 1. The van der Waals surface area contributed by atoms with Crippen LogP contribution in [-0.2, 0) is 11.3 Å². The number of carbonyl (C=O) groups excluding carboxylic acids is 1. The highest BCUT2D eigenvalue weighted by Crippen LogP contribution is 2.16. The minimum absolute atomic E-state index is 0.0246. The van der Waals surface area contributed by atoms with E-state index in [0.29, 0.717) is 6.42 Å². The van der Waals surface area contributed by atoms with Gasteiger partial charge >= 0.3 is 0 Å². The van der Waals surface area contributed by atoms with Crippen molar-refractivity contribution in [2.24, 2.45) is 0 Å². The molecule has 1 heterocycles. The maximum atomic E-state index is 11.3. The fourth-order valence-corrected chi connectivity index (χ4v) is 1.63. The van der Waals surface area contributed by atoms with Gasteiger partial charge in [-0.05, 0) is 30.3 Å². The molecule has 0 fully saturated rings. The van der Waals surface area contributed by atoms with Gasteiger partial charge in [0.25, 0.3) is 0 Å². The smallest absolute Gasteiger partial charge is 0.224 e. The third-order valence-electron chi connectivity index (χ3n) is 2.61. The molecule has 0 bridgehead atoms. The Balaban J connectivity index is 1.96. The zero-order valence-corrected chi connectivity index (χ0v) is 10.4. The van der Waals surface area contributed by atoms with E-state index in [1.807, 2.05) is 49.5 Å². The molecule has 1 aromatic carbocycles. The van der Waals surface area contributed by atoms with Crippen LogP contribution in [0, 0.1) is 0 Å². The molecule has 1 aromatic heterocycles. The molecule has 0 spiro atoms. The highest BCUT2D eigenvalue weighted by Gasteiger charge is 2.00. The van der Waals surface area contributed by atoms with Gasteiger partial charge in [0.15, 0.2) is 0 Å². The lowest BCUT2D eigenvalue weighted by atomic mass is 10.2. The van der Waals surface area contributed by atoms with E-state index in [2.05, 4.69) is 15.6 Å². The number of nitrogens with one attached hydrogen (secondary N) is 3. The van der Waals surface area contributed by atoms with Crippen molar-refractivity contribution in [3.05, 3.63) is 48.3 Å². The second kappa shape index (κ2) is 5.91. The summed E-state index contributed by atoms with van der Waals surface area (Å²) >= 11 is 0. The minimum atomic E-state index is 0.0246. The maximum Gasteiger partial charge on any atom is 0.224 e. The molecule has 0 saturated carbocycles. The van der Waals surface area contributed by atoms with Crippen molar-refractivity contribution < 1.29 is 4.79 Å². The molecule has 94 valence electrons. The van der Waals surface area contributed by atoms with Gasteiger partial charge in [0.05, 0.1) is 6.54 Å². The maximum absolute atomic E-state index is 11.3. The van der Waals surface area contributed by atoms with Crippen molar-refractivity contribution in [3.8, 4) is 0 Å². The van der Waals surface area contributed by atoms with Crippen molar-refractivity contribution in [1.82, 2.24) is 4.98 Å². The van der Waals surface area contributed by atoms with Gasteiger partial charge in [-0.2, -0.15) is 0 Å². The summed E-state index contributed by atoms with van der Waals surface area (Å²) in [6.07, 6.45) is 2.38. The third kappa shape index (κ3) is 3.38. The second-order valence-corrected chi connectivity index (χ2v) is 4.03. The van der Waals surface area contributed by atoms with E-state index < -0.39 is 0 Å². The molecular formula is C14H17N3O. The average Bonchev–Trinajstić information content (AvgIpc) is 2.90. The second-order valence-electron chi connectivity index (χ2n) is 4.03. The molecule has 0 radical (unpaired) electrons. The van der Waals surface area contributed by atoms with Gasteiger partial charge in [0.1, 0.15) is 0 Å². The molecule has 18 heavy (non-hydrogen) atoms. The molecule has 0 aliphatic carbocycles. The van der Waals surface area contributed by atoms with E-state index in [9.17, 15) is 4.79 Å². The van der Waals surface area contributed by atoms with E-state index in [1.54, 1.807) is 0 Å². The number of hydrogen-bond acceptors (Lipinski definition) is 2. The quantitative estimate of drug-likeness (QED) is 0.756. The highest BCUT2D eigenvalue weighted by molar-refractivity contribution is 5.90. The van der Waals surface area contributed by atoms with Gasteiger partial charge in [-0.1, -0.05) is 13.0 Å². The summed E-state index contributed by atoms with van der Waals surface area (Å²) in [4.78, 5) is 14.4. The first kappa shape index (κ1) is 12.2. The Hall–Kier alpha value is -2.23. The molecule has 0 aliphatic rings. The summed E-state index contributed by atoms with van der Waals surface area (Å²) in [6.45, 7) is 2.57. The summed E-state index contributed by atoms with van der Waals surface area (Å²) < 4.78 is 0. The Kier molecular flexibility index (Phi) is 4.02. The number of anilines is 2. The zero-order chi connectivity index (χ0) is 12.8. The van der Waals surface area contributed by atoms with Crippen LogP contribution in [0.25, 0.3) is 0 Å². The standard InChI is InChI=1S/C14H17N3O/c1-2-14(18)17-12-6-3-5-11(9-12)16-10-13-7-4-8-15-13/h3-9,15-16H,2,10H2,1H3,(H,17,18). The van der Waals surface area contributed by atoms with E-state index >= 15 is 0 Å². The Morgan fingerprint density at radius 3 is 2.78 bits per heavy atom. The molecule has 1 amide bonds. The molecule has 0 saturated heterocycles. The molecule has 0 atom stereocenters. The van der Waals surface area contributed by atoms with Gasteiger partial charge in [-0.3, -0.25) is 4.79 Å². The first-order valence-electron chi connectivity index (χ1n) is 6.04. The lowest BCUT2D eigenvalue weighted by Crippen LogP contribution is -2.09. The van der Waals surface area contributed by atoms with Crippen LogP contribution >= 0.6 is 0 Å². The number of aromatic amines is 1. The Morgan fingerprint density at radius 1 is 1.22 bits per heavy atom. The number of H-pyrrole nitrogens is 1. The van der Waals surface area contributed by atoms with Crippen LogP contribution in [0.1, 0.15) is 19.0 Å². The first-order chi connectivity index (χ1) is 8.78. The minimum Gasteiger partial charge on any atom is -0.379 e.